The molecule has 0 radical (unpaired) electrons. The zero-order valence-corrected chi connectivity index (χ0v) is 11.1. The van der Waals surface area contributed by atoms with Gasteiger partial charge in [-0.15, -0.1) is 10.2 Å². The van der Waals surface area contributed by atoms with Gasteiger partial charge in [0.2, 0.25) is 17.7 Å². The van der Waals surface area contributed by atoms with Gasteiger partial charge < -0.3 is 9.73 Å². The fraction of sp³-hybridized carbons (Fsp3) is 0.769. The first kappa shape index (κ1) is 13.1. The predicted molar refractivity (Wildman–Crippen MR) is 66.8 cm³/mol. The van der Waals surface area contributed by atoms with Crippen molar-refractivity contribution < 1.29 is 9.21 Å². The van der Waals surface area contributed by atoms with Crippen LogP contribution in [0, 0.1) is 5.92 Å². The molecule has 1 aromatic heterocycles. The average Bonchev–Trinajstić information content (AvgIpc) is 2.86. The number of hydrogen-bond acceptors (Lipinski definition) is 4. The van der Waals surface area contributed by atoms with Crippen molar-refractivity contribution in [3.63, 3.8) is 0 Å². The summed E-state index contributed by atoms with van der Waals surface area (Å²) >= 11 is 0. The molecule has 5 nitrogen and oxygen atoms in total. The molecule has 0 saturated heterocycles. The van der Waals surface area contributed by atoms with Crippen molar-refractivity contribution in [3.05, 3.63) is 11.8 Å². The number of rotatable bonds is 4. The SMILES string of the molecule is CC(C)c1nnc(CNC(=O)C2CCCCC2)o1. The Hall–Kier alpha value is -1.39. The van der Waals surface area contributed by atoms with Crippen LogP contribution in [0.15, 0.2) is 4.42 Å². The number of carbonyl (C=O) groups excluding carboxylic acids is 1. The minimum atomic E-state index is 0.124. The Labute approximate surface area is 107 Å². The van der Waals surface area contributed by atoms with E-state index in [4.69, 9.17) is 4.42 Å². The second-order valence-electron chi connectivity index (χ2n) is 5.24. The van der Waals surface area contributed by atoms with Crippen LogP contribution in [0.1, 0.15) is 63.7 Å². The van der Waals surface area contributed by atoms with Gasteiger partial charge in [0.05, 0.1) is 6.54 Å². The zero-order chi connectivity index (χ0) is 13.0. The lowest BCUT2D eigenvalue weighted by atomic mass is 9.89. The molecule has 1 amide bonds. The number of aromatic nitrogens is 2. The second-order valence-corrected chi connectivity index (χ2v) is 5.24. The summed E-state index contributed by atoms with van der Waals surface area (Å²) in [6.07, 6.45) is 5.59. The van der Waals surface area contributed by atoms with Crippen molar-refractivity contribution in [1.82, 2.24) is 15.5 Å². The van der Waals surface area contributed by atoms with Gasteiger partial charge in [-0.25, -0.2) is 0 Å². The third-order valence-electron chi connectivity index (χ3n) is 3.37. The predicted octanol–water partition coefficient (Wildman–Crippen LogP) is 2.39. The molecule has 18 heavy (non-hydrogen) atoms. The van der Waals surface area contributed by atoms with E-state index in [2.05, 4.69) is 15.5 Å². The van der Waals surface area contributed by atoms with E-state index in [9.17, 15) is 4.79 Å². The molecule has 1 aliphatic rings. The summed E-state index contributed by atoms with van der Waals surface area (Å²) < 4.78 is 5.45. The van der Waals surface area contributed by atoms with Crippen molar-refractivity contribution in [2.45, 2.75) is 58.4 Å². The standard InChI is InChI=1S/C13H21N3O2/c1-9(2)13-16-15-11(18-13)8-14-12(17)10-6-4-3-5-7-10/h9-10H,3-8H2,1-2H3,(H,14,17). The van der Waals surface area contributed by atoms with Gasteiger partial charge >= 0.3 is 0 Å². The Kier molecular flexibility index (Phi) is 4.33. The summed E-state index contributed by atoms with van der Waals surface area (Å²) in [5, 5.41) is 10.7. The molecule has 1 heterocycles. The van der Waals surface area contributed by atoms with Gasteiger partial charge in [-0.2, -0.15) is 0 Å². The first-order chi connectivity index (χ1) is 8.66. The van der Waals surface area contributed by atoms with Crippen molar-refractivity contribution in [1.29, 1.82) is 0 Å². The van der Waals surface area contributed by atoms with Crippen LogP contribution < -0.4 is 5.32 Å². The number of carbonyl (C=O) groups is 1. The molecular formula is C13H21N3O2. The summed E-state index contributed by atoms with van der Waals surface area (Å²) in [5.74, 6) is 1.63. The maximum absolute atomic E-state index is 11.9. The summed E-state index contributed by atoms with van der Waals surface area (Å²) in [7, 11) is 0. The lowest BCUT2D eigenvalue weighted by Gasteiger charge is -2.20. The highest BCUT2D eigenvalue weighted by molar-refractivity contribution is 5.78. The highest BCUT2D eigenvalue weighted by Crippen LogP contribution is 2.23. The smallest absolute Gasteiger partial charge is 0.235 e. The Morgan fingerprint density at radius 1 is 1.33 bits per heavy atom. The fourth-order valence-corrected chi connectivity index (χ4v) is 2.24. The average molecular weight is 251 g/mol. The molecule has 1 saturated carbocycles. The van der Waals surface area contributed by atoms with Crippen LogP contribution in [-0.4, -0.2) is 16.1 Å². The molecule has 0 unspecified atom stereocenters. The Bertz CT molecular complexity index is 395. The van der Waals surface area contributed by atoms with E-state index in [0.717, 1.165) is 25.7 Å². The molecule has 5 heteroatoms. The van der Waals surface area contributed by atoms with E-state index in [1.165, 1.54) is 6.42 Å². The van der Waals surface area contributed by atoms with E-state index in [1.807, 2.05) is 13.8 Å². The maximum Gasteiger partial charge on any atom is 0.235 e. The minimum absolute atomic E-state index is 0.124. The van der Waals surface area contributed by atoms with Gasteiger partial charge in [0, 0.05) is 11.8 Å². The van der Waals surface area contributed by atoms with Gasteiger partial charge in [-0.1, -0.05) is 33.1 Å². The Balaban J connectivity index is 1.81. The Morgan fingerprint density at radius 3 is 2.67 bits per heavy atom. The van der Waals surface area contributed by atoms with Crippen LogP contribution in [-0.2, 0) is 11.3 Å². The number of nitrogens with zero attached hydrogens (tertiary/aromatic N) is 2. The first-order valence-corrected chi connectivity index (χ1v) is 6.77. The largest absolute Gasteiger partial charge is 0.423 e. The molecule has 0 aromatic carbocycles. The second kappa shape index (κ2) is 5.98. The van der Waals surface area contributed by atoms with E-state index >= 15 is 0 Å². The quantitative estimate of drug-likeness (QED) is 0.892. The zero-order valence-electron chi connectivity index (χ0n) is 11.1. The van der Waals surface area contributed by atoms with Crippen molar-refractivity contribution >= 4 is 5.91 Å². The lowest BCUT2D eigenvalue weighted by molar-refractivity contribution is -0.126. The highest BCUT2D eigenvalue weighted by Gasteiger charge is 2.21. The molecule has 2 rings (SSSR count). The molecule has 1 aliphatic carbocycles. The van der Waals surface area contributed by atoms with Crippen molar-refractivity contribution in [2.24, 2.45) is 5.92 Å². The monoisotopic (exact) mass is 251 g/mol. The van der Waals surface area contributed by atoms with Gasteiger partial charge in [-0.3, -0.25) is 4.79 Å². The first-order valence-electron chi connectivity index (χ1n) is 6.77. The number of amides is 1. The molecule has 100 valence electrons. The van der Waals surface area contributed by atoms with Gasteiger partial charge in [0.1, 0.15) is 0 Å². The van der Waals surface area contributed by atoms with E-state index in [-0.39, 0.29) is 17.7 Å². The molecule has 0 spiro atoms. The molecule has 0 atom stereocenters. The van der Waals surface area contributed by atoms with Gasteiger partial charge in [-0.05, 0) is 12.8 Å². The molecule has 1 fully saturated rings. The third kappa shape index (κ3) is 3.31. The van der Waals surface area contributed by atoms with Crippen LogP contribution >= 0.6 is 0 Å². The normalized spacial score (nSPS) is 17.1. The summed E-state index contributed by atoms with van der Waals surface area (Å²) in [6, 6.07) is 0. The number of nitrogens with one attached hydrogen (secondary N) is 1. The summed E-state index contributed by atoms with van der Waals surface area (Å²) in [4.78, 5) is 11.9. The minimum Gasteiger partial charge on any atom is -0.423 e. The van der Waals surface area contributed by atoms with Crippen LogP contribution in [0.3, 0.4) is 0 Å². The van der Waals surface area contributed by atoms with Crippen LogP contribution in [0.25, 0.3) is 0 Å². The van der Waals surface area contributed by atoms with Crippen LogP contribution in [0.2, 0.25) is 0 Å². The Morgan fingerprint density at radius 2 is 2.06 bits per heavy atom. The molecule has 1 N–H and O–H groups in total. The summed E-state index contributed by atoms with van der Waals surface area (Å²) in [6.45, 7) is 4.34. The van der Waals surface area contributed by atoms with E-state index < -0.39 is 0 Å². The third-order valence-corrected chi connectivity index (χ3v) is 3.37. The summed E-state index contributed by atoms with van der Waals surface area (Å²) in [5.41, 5.74) is 0. The van der Waals surface area contributed by atoms with Gasteiger partial charge in [0.15, 0.2) is 0 Å². The lowest BCUT2D eigenvalue weighted by Crippen LogP contribution is -2.31. The van der Waals surface area contributed by atoms with Crippen molar-refractivity contribution in [3.8, 4) is 0 Å². The molecule has 0 aliphatic heterocycles. The van der Waals surface area contributed by atoms with Crippen LogP contribution in [0.5, 0.6) is 0 Å². The van der Waals surface area contributed by atoms with E-state index in [0.29, 0.717) is 18.3 Å². The van der Waals surface area contributed by atoms with Crippen LogP contribution in [0.4, 0.5) is 0 Å². The highest BCUT2D eigenvalue weighted by atomic mass is 16.4. The fourth-order valence-electron chi connectivity index (χ4n) is 2.24. The molecule has 0 bridgehead atoms. The van der Waals surface area contributed by atoms with E-state index in [1.54, 1.807) is 0 Å². The molecule has 1 aromatic rings. The number of hydrogen-bond donors (Lipinski definition) is 1. The van der Waals surface area contributed by atoms with Crippen molar-refractivity contribution in [2.75, 3.05) is 0 Å². The molecular weight excluding hydrogens is 230 g/mol. The van der Waals surface area contributed by atoms with Gasteiger partial charge in [0.25, 0.3) is 0 Å². The maximum atomic E-state index is 11.9. The topological polar surface area (TPSA) is 68.0 Å².